The van der Waals surface area contributed by atoms with E-state index in [1.54, 1.807) is 42.5 Å². The van der Waals surface area contributed by atoms with Gasteiger partial charge < -0.3 is 14.2 Å². The lowest BCUT2D eigenvalue weighted by atomic mass is 10.2. The zero-order valence-electron chi connectivity index (χ0n) is 14.2. The van der Waals surface area contributed by atoms with Gasteiger partial charge in [0.25, 0.3) is 5.91 Å². The van der Waals surface area contributed by atoms with Crippen molar-refractivity contribution >= 4 is 29.7 Å². The molecular formula is C18H17ClN2O5. The second kappa shape index (κ2) is 9.43. The molecule has 0 fully saturated rings. The first-order valence-corrected chi connectivity index (χ1v) is 7.92. The Labute approximate surface area is 155 Å². The molecule has 0 unspecified atom stereocenters. The maximum absolute atomic E-state index is 11.7. The summed E-state index contributed by atoms with van der Waals surface area (Å²) >= 11 is 5.77. The number of nitrogens with one attached hydrogen (secondary N) is 1. The van der Waals surface area contributed by atoms with Crippen molar-refractivity contribution in [3.8, 4) is 17.2 Å². The van der Waals surface area contributed by atoms with Gasteiger partial charge in [0.1, 0.15) is 5.75 Å². The molecule has 1 amide bonds. The van der Waals surface area contributed by atoms with Gasteiger partial charge in [-0.25, -0.2) is 5.43 Å². The Morgan fingerprint density at radius 2 is 1.88 bits per heavy atom. The van der Waals surface area contributed by atoms with E-state index in [1.807, 2.05) is 0 Å². The molecule has 2 aromatic carbocycles. The number of benzene rings is 2. The molecule has 1 N–H and O–H groups in total. The summed E-state index contributed by atoms with van der Waals surface area (Å²) in [6, 6.07) is 11.5. The highest BCUT2D eigenvalue weighted by atomic mass is 35.5. The number of amides is 1. The average Bonchev–Trinajstić information content (AvgIpc) is 2.62. The first-order valence-electron chi connectivity index (χ1n) is 7.54. The maximum Gasteiger partial charge on any atom is 0.308 e. The van der Waals surface area contributed by atoms with Crippen LogP contribution in [-0.2, 0) is 9.59 Å². The van der Waals surface area contributed by atoms with Crippen LogP contribution in [0.3, 0.4) is 0 Å². The molecule has 2 rings (SSSR count). The molecule has 0 aliphatic rings. The number of carbonyl (C=O) groups excluding carboxylic acids is 2. The lowest BCUT2D eigenvalue weighted by molar-refractivity contribution is -0.132. The van der Waals surface area contributed by atoms with Gasteiger partial charge in [-0.05, 0) is 48.0 Å². The van der Waals surface area contributed by atoms with Crippen LogP contribution in [0.15, 0.2) is 47.6 Å². The summed E-state index contributed by atoms with van der Waals surface area (Å²) in [6.45, 7) is 1.12. The normalized spacial score (nSPS) is 10.4. The highest BCUT2D eigenvalue weighted by molar-refractivity contribution is 6.30. The fourth-order valence-corrected chi connectivity index (χ4v) is 2.02. The van der Waals surface area contributed by atoms with E-state index in [-0.39, 0.29) is 6.61 Å². The van der Waals surface area contributed by atoms with E-state index in [0.29, 0.717) is 27.8 Å². The lowest BCUT2D eigenvalue weighted by Crippen LogP contribution is -2.24. The number of nitrogens with zero attached hydrogens (tertiary/aromatic N) is 1. The van der Waals surface area contributed by atoms with E-state index in [0.717, 1.165) is 0 Å². The Morgan fingerprint density at radius 3 is 2.54 bits per heavy atom. The number of methoxy groups -OCH3 is 1. The van der Waals surface area contributed by atoms with Gasteiger partial charge in [-0.3, -0.25) is 9.59 Å². The maximum atomic E-state index is 11.7. The summed E-state index contributed by atoms with van der Waals surface area (Å²) in [5.41, 5.74) is 3.00. The molecule has 136 valence electrons. The van der Waals surface area contributed by atoms with Crippen LogP contribution < -0.4 is 19.6 Å². The second-order valence-electron chi connectivity index (χ2n) is 5.04. The van der Waals surface area contributed by atoms with E-state index in [4.69, 9.17) is 25.8 Å². The Balaban J connectivity index is 1.87. The molecule has 0 aliphatic heterocycles. The second-order valence-corrected chi connectivity index (χ2v) is 5.48. The smallest absolute Gasteiger partial charge is 0.308 e. The third-order valence-corrected chi connectivity index (χ3v) is 3.28. The van der Waals surface area contributed by atoms with E-state index in [2.05, 4.69) is 10.5 Å². The number of carbonyl (C=O) groups is 2. The predicted molar refractivity (Wildman–Crippen MR) is 97.0 cm³/mol. The van der Waals surface area contributed by atoms with Crippen molar-refractivity contribution in [2.24, 2.45) is 5.10 Å². The fourth-order valence-electron chi connectivity index (χ4n) is 1.89. The standard InChI is InChI=1S/C18H17ClN2O5/c1-12(22)26-16-8-3-13(9-17(16)24-2)10-20-21-18(23)11-25-15-6-4-14(19)5-7-15/h3-10H,11H2,1-2H3,(H,21,23)/b20-10+. The van der Waals surface area contributed by atoms with Crippen LogP contribution in [0, 0.1) is 0 Å². The fraction of sp³-hybridized carbons (Fsp3) is 0.167. The van der Waals surface area contributed by atoms with Crippen LogP contribution in [0.25, 0.3) is 0 Å². The average molecular weight is 377 g/mol. The molecule has 0 aliphatic carbocycles. The van der Waals surface area contributed by atoms with E-state index in [9.17, 15) is 9.59 Å². The van der Waals surface area contributed by atoms with Crippen LogP contribution in [0.4, 0.5) is 0 Å². The van der Waals surface area contributed by atoms with Crippen molar-refractivity contribution in [3.63, 3.8) is 0 Å². The number of hydrazone groups is 1. The molecule has 0 atom stereocenters. The lowest BCUT2D eigenvalue weighted by Gasteiger charge is -2.08. The van der Waals surface area contributed by atoms with Crippen LogP contribution in [0.5, 0.6) is 17.2 Å². The third-order valence-electron chi connectivity index (χ3n) is 3.03. The summed E-state index contributed by atoms with van der Waals surface area (Å²) in [7, 11) is 1.46. The van der Waals surface area contributed by atoms with Crippen molar-refractivity contribution < 1.29 is 23.8 Å². The van der Waals surface area contributed by atoms with Gasteiger partial charge in [-0.1, -0.05) is 11.6 Å². The monoisotopic (exact) mass is 376 g/mol. The van der Waals surface area contributed by atoms with Crippen molar-refractivity contribution in [2.75, 3.05) is 13.7 Å². The number of rotatable bonds is 7. The summed E-state index contributed by atoms with van der Waals surface area (Å²) in [4.78, 5) is 22.7. The molecule has 0 radical (unpaired) electrons. The molecule has 26 heavy (non-hydrogen) atoms. The van der Waals surface area contributed by atoms with Crippen LogP contribution in [0.1, 0.15) is 12.5 Å². The van der Waals surface area contributed by atoms with Crippen molar-refractivity contribution in [1.29, 1.82) is 0 Å². The summed E-state index contributed by atoms with van der Waals surface area (Å²) in [6.07, 6.45) is 1.43. The number of halogens is 1. The molecule has 0 heterocycles. The molecule has 7 nitrogen and oxygen atoms in total. The number of hydrogen-bond acceptors (Lipinski definition) is 6. The minimum atomic E-state index is -0.447. The Kier molecular flexibility index (Phi) is 6.99. The summed E-state index contributed by atoms with van der Waals surface area (Å²) in [5, 5.41) is 4.43. The quantitative estimate of drug-likeness (QED) is 0.347. The van der Waals surface area contributed by atoms with Crippen molar-refractivity contribution in [1.82, 2.24) is 5.43 Å². The minimum Gasteiger partial charge on any atom is -0.493 e. The first-order chi connectivity index (χ1) is 12.5. The van der Waals surface area contributed by atoms with Gasteiger partial charge in [-0.2, -0.15) is 5.10 Å². The van der Waals surface area contributed by atoms with Gasteiger partial charge in [0, 0.05) is 11.9 Å². The highest BCUT2D eigenvalue weighted by Gasteiger charge is 2.07. The Bertz CT molecular complexity index is 806. The largest absolute Gasteiger partial charge is 0.493 e. The Morgan fingerprint density at radius 1 is 1.15 bits per heavy atom. The molecule has 2 aromatic rings. The minimum absolute atomic E-state index is 0.187. The highest BCUT2D eigenvalue weighted by Crippen LogP contribution is 2.27. The zero-order chi connectivity index (χ0) is 18.9. The molecule has 0 saturated carbocycles. The van der Waals surface area contributed by atoms with E-state index >= 15 is 0 Å². The van der Waals surface area contributed by atoms with Crippen LogP contribution in [-0.4, -0.2) is 31.8 Å². The topological polar surface area (TPSA) is 86.2 Å². The molecule has 0 bridgehead atoms. The van der Waals surface area contributed by atoms with Gasteiger partial charge in [-0.15, -0.1) is 0 Å². The molecule has 0 spiro atoms. The SMILES string of the molecule is COc1cc(/C=N/NC(=O)COc2ccc(Cl)cc2)ccc1OC(C)=O. The van der Waals surface area contributed by atoms with Crippen LogP contribution in [0.2, 0.25) is 5.02 Å². The van der Waals surface area contributed by atoms with Crippen molar-refractivity contribution in [2.45, 2.75) is 6.92 Å². The van der Waals surface area contributed by atoms with Gasteiger partial charge in [0.15, 0.2) is 18.1 Å². The molecular weight excluding hydrogens is 360 g/mol. The van der Waals surface area contributed by atoms with Crippen LogP contribution >= 0.6 is 11.6 Å². The van der Waals surface area contributed by atoms with Gasteiger partial charge in [0.05, 0.1) is 13.3 Å². The predicted octanol–water partition coefficient (Wildman–Crippen LogP) is 2.80. The molecule has 0 aromatic heterocycles. The third kappa shape index (κ3) is 6.10. The summed E-state index contributed by atoms with van der Waals surface area (Å²) < 4.78 is 15.5. The van der Waals surface area contributed by atoms with Crippen molar-refractivity contribution in [3.05, 3.63) is 53.1 Å². The number of esters is 1. The summed E-state index contributed by atoms with van der Waals surface area (Å²) in [5.74, 6) is 0.343. The number of hydrogen-bond donors (Lipinski definition) is 1. The first kappa shape index (κ1) is 19.3. The van der Waals surface area contributed by atoms with E-state index < -0.39 is 11.9 Å². The van der Waals surface area contributed by atoms with Gasteiger partial charge in [0.2, 0.25) is 0 Å². The van der Waals surface area contributed by atoms with Gasteiger partial charge >= 0.3 is 5.97 Å². The Hall–Kier alpha value is -3.06. The molecule has 0 saturated heterocycles. The zero-order valence-corrected chi connectivity index (χ0v) is 14.9. The molecule has 8 heteroatoms. The number of ether oxygens (including phenoxy) is 3. The van der Waals surface area contributed by atoms with E-state index in [1.165, 1.54) is 20.2 Å².